The van der Waals surface area contributed by atoms with Gasteiger partial charge in [-0.1, -0.05) is 18.2 Å². The number of amides is 1. The third-order valence-electron chi connectivity index (χ3n) is 6.21. The summed E-state index contributed by atoms with van der Waals surface area (Å²) in [6.07, 6.45) is 7.28. The molecule has 0 radical (unpaired) electrons. The first kappa shape index (κ1) is 23.0. The summed E-state index contributed by atoms with van der Waals surface area (Å²) in [4.78, 5) is 31.9. The Morgan fingerprint density at radius 1 is 1.17 bits per heavy atom. The molecule has 0 saturated heterocycles. The molecule has 7 nitrogen and oxygen atoms in total. The Balaban J connectivity index is 1.27. The van der Waals surface area contributed by atoms with Gasteiger partial charge in [-0.05, 0) is 86.1 Å². The van der Waals surface area contributed by atoms with Gasteiger partial charge in [0.1, 0.15) is 16.9 Å². The lowest BCUT2D eigenvalue weighted by molar-refractivity contribution is -0.118. The molecule has 0 aliphatic heterocycles. The first-order valence-electron chi connectivity index (χ1n) is 11.6. The van der Waals surface area contributed by atoms with Crippen molar-refractivity contribution >= 4 is 39.4 Å². The highest BCUT2D eigenvalue weighted by Gasteiger charge is 2.19. The van der Waals surface area contributed by atoms with Crippen molar-refractivity contribution in [2.75, 3.05) is 11.9 Å². The van der Waals surface area contributed by atoms with Crippen LogP contribution >= 0.6 is 11.3 Å². The van der Waals surface area contributed by atoms with Crippen LogP contribution in [0.2, 0.25) is 0 Å². The Labute approximate surface area is 207 Å². The molecule has 0 unspecified atom stereocenters. The van der Waals surface area contributed by atoms with Gasteiger partial charge in [-0.25, -0.2) is 4.98 Å². The molecular weight excluding hydrogens is 460 g/mol. The molecule has 8 heteroatoms. The summed E-state index contributed by atoms with van der Waals surface area (Å²) in [5.74, 6) is 0.300. The number of benzene rings is 2. The van der Waals surface area contributed by atoms with Crippen molar-refractivity contribution in [3.8, 4) is 5.75 Å². The molecule has 35 heavy (non-hydrogen) atoms. The lowest BCUT2D eigenvalue weighted by Gasteiger charge is -2.10. The first-order chi connectivity index (χ1) is 17.0. The van der Waals surface area contributed by atoms with E-state index in [2.05, 4.69) is 15.4 Å². The number of aryl methyl sites for hydroxylation is 4. The Hall–Kier alpha value is -3.78. The molecule has 2 aromatic carbocycles. The molecule has 0 fully saturated rings. The van der Waals surface area contributed by atoms with E-state index in [1.807, 2.05) is 44.2 Å². The van der Waals surface area contributed by atoms with E-state index in [0.717, 1.165) is 52.9 Å². The average Bonchev–Trinajstić information content (AvgIpc) is 3.24. The number of hydrogen-bond acceptors (Lipinski definition) is 6. The SMILES string of the molecule is Cc1ccc(NC(=O)COc2cccc(/C=N\n3cnc4sc5c(c4c3=O)CCCC5)c2)cc1C. The molecule has 1 aliphatic carbocycles. The van der Waals surface area contributed by atoms with Gasteiger partial charge in [0.25, 0.3) is 11.5 Å². The second kappa shape index (κ2) is 9.84. The van der Waals surface area contributed by atoms with E-state index in [0.29, 0.717) is 11.1 Å². The fourth-order valence-corrected chi connectivity index (χ4v) is 5.42. The minimum absolute atomic E-state index is 0.114. The highest BCUT2D eigenvalue weighted by atomic mass is 32.1. The van der Waals surface area contributed by atoms with Crippen molar-refractivity contribution in [1.82, 2.24) is 9.66 Å². The predicted octanol–water partition coefficient (Wildman–Crippen LogP) is 4.85. The normalized spacial score (nSPS) is 13.2. The fraction of sp³-hybridized carbons (Fsp3) is 0.259. The van der Waals surface area contributed by atoms with E-state index >= 15 is 0 Å². The molecule has 0 atom stereocenters. The zero-order chi connectivity index (χ0) is 24.4. The topological polar surface area (TPSA) is 85.6 Å². The maximum atomic E-state index is 13.1. The third kappa shape index (κ3) is 5.02. The van der Waals surface area contributed by atoms with E-state index in [1.165, 1.54) is 21.4 Å². The van der Waals surface area contributed by atoms with Gasteiger partial charge in [0.15, 0.2) is 6.61 Å². The zero-order valence-electron chi connectivity index (χ0n) is 19.7. The van der Waals surface area contributed by atoms with Crippen LogP contribution in [0.1, 0.15) is 40.0 Å². The van der Waals surface area contributed by atoms with Gasteiger partial charge in [0, 0.05) is 10.6 Å². The molecule has 4 aromatic rings. The number of fused-ring (bicyclic) bond motifs is 3. The predicted molar refractivity (Wildman–Crippen MR) is 140 cm³/mol. The van der Waals surface area contributed by atoms with Gasteiger partial charge in [-0.2, -0.15) is 9.78 Å². The molecule has 178 valence electrons. The number of thiophene rings is 1. The number of hydrogen-bond donors (Lipinski definition) is 1. The van der Waals surface area contributed by atoms with Crippen molar-refractivity contribution in [2.24, 2.45) is 5.10 Å². The van der Waals surface area contributed by atoms with Crippen LogP contribution in [0.25, 0.3) is 10.2 Å². The number of carbonyl (C=O) groups excluding carboxylic acids is 1. The smallest absolute Gasteiger partial charge is 0.282 e. The summed E-state index contributed by atoms with van der Waals surface area (Å²) < 4.78 is 6.95. The van der Waals surface area contributed by atoms with Crippen LogP contribution in [0.4, 0.5) is 5.69 Å². The standard InChI is InChI=1S/C27H26N4O3S/c1-17-10-11-20(12-18(17)2)30-24(32)15-34-21-7-5-6-19(13-21)14-29-31-16-28-26-25(27(31)33)22-8-3-4-9-23(22)35-26/h5-7,10-14,16H,3-4,8-9,15H2,1-2H3,(H,30,32)/b29-14-. The Morgan fingerprint density at radius 3 is 2.89 bits per heavy atom. The number of nitrogens with one attached hydrogen (secondary N) is 1. The summed E-state index contributed by atoms with van der Waals surface area (Å²) in [6.45, 7) is 3.92. The molecule has 2 aromatic heterocycles. The lowest BCUT2D eigenvalue weighted by atomic mass is 9.97. The second-order valence-corrected chi connectivity index (χ2v) is 9.82. The summed E-state index contributed by atoms with van der Waals surface area (Å²) in [5, 5.41) is 7.90. The van der Waals surface area contributed by atoms with Crippen molar-refractivity contribution in [3.05, 3.63) is 86.3 Å². The van der Waals surface area contributed by atoms with E-state index in [9.17, 15) is 9.59 Å². The Bertz CT molecular complexity index is 1500. The van der Waals surface area contributed by atoms with Gasteiger partial charge in [-0.15, -0.1) is 11.3 Å². The molecule has 1 amide bonds. The molecular formula is C27H26N4O3S. The minimum atomic E-state index is -0.239. The quantitative estimate of drug-likeness (QED) is 0.395. The van der Waals surface area contributed by atoms with E-state index in [4.69, 9.17) is 4.74 Å². The number of nitrogens with zero attached hydrogens (tertiary/aromatic N) is 3. The minimum Gasteiger partial charge on any atom is -0.484 e. The molecule has 1 N–H and O–H groups in total. The van der Waals surface area contributed by atoms with Crippen LogP contribution < -0.4 is 15.6 Å². The van der Waals surface area contributed by atoms with Crippen LogP contribution in [0.3, 0.4) is 0 Å². The number of rotatable bonds is 6. The largest absolute Gasteiger partial charge is 0.484 e. The van der Waals surface area contributed by atoms with Crippen molar-refractivity contribution in [2.45, 2.75) is 39.5 Å². The third-order valence-corrected chi connectivity index (χ3v) is 7.41. The van der Waals surface area contributed by atoms with Crippen molar-refractivity contribution in [3.63, 3.8) is 0 Å². The number of anilines is 1. The van der Waals surface area contributed by atoms with Gasteiger partial charge < -0.3 is 10.1 Å². The van der Waals surface area contributed by atoms with Gasteiger partial charge in [0.2, 0.25) is 0 Å². The van der Waals surface area contributed by atoms with E-state index in [1.54, 1.807) is 29.7 Å². The maximum absolute atomic E-state index is 13.1. The Morgan fingerprint density at radius 2 is 2.03 bits per heavy atom. The highest BCUT2D eigenvalue weighted by Crippen LogP contribution is 2.33. The summed E-state index contributed by atoms with van der Waals surface area (Å²) >= 11 is 1.62. The number of carbonyl (C=O) groups is 1. The average molecular weight is 487 g/mol. The molecule has 0 saturated carbocycles. The molecule has 0 bridgehead atoms. The molecule has 5 rings (SSSR count). The highest BCUT2D eigenvalue weighted by molar-refractivity contribution is 7.18. The fourth-order valence-electron chi connectivity index (χ4n) is 4.20. The van der Waals surface area contributed by atoms with Crippen LogP contribution in [-0.2, 0) is 17.6 Å². The summed E-state index contributed by atoms with van der Waals surface area (Å²) in [7, 11) is 0. The van der Waals surface area contributed by atoms with Crippen LogP contribution in [-0.4, -0.2) is 28.4 Å². The number of aromatic nitrogens is 2. The summed E-state index contributed by atoms with van der Waals surface area (Å²) in [5.41, 5.74) is 4.78. The lowest BCUT2D eigenvalue weighted by Crippen LogP contribution is -2.20. The van der Waals surface area contributed by atoms with Crippen LogP contribution in [0.5, 0.6) is 5.75 Å². The Kier molecular flexibility index (Phi) is 6.46. The van der Waals surface area contributed by atoms with Gasteiger partial charge in [-0.3, -0.25) is 9.59 Å². The van der Waals surface area contributed by atoms with Crippen LogP contribution in [0, 0.1) is 13.8 Å². The first-order valence-corrected chi connectivity index (χ1v) is 12.5. The van der Waals surface area contributed by atoms with Crippen molar-refractivity contribution in [1.29, 1.82) is 0 Å². The monoisotopic (exact) mass is 486 g/mol. The van der Waals surface area contributed by atoms with E-state index < -0.39 is 0 Å². The van der Waals surface area contributed by atoms with E-state index in [-0.39, 0.29) is 18.1 Å². The van der Waals surface area contributed by atoms with Crippen molar-refractivity contribution < 1.29 is 9.53 Å². The molecule has 2 heterocycles. The summed E-state index contributed by atoms with van der Waals surface area (Å²) in [6, 6.07) is 13.0. The van der Waals surface area contributed by atoms with Gasteiger partial charge >= 0.3 is 0 Å². The van der Waals surface area contributed by atoms with Crippen LogP contribution in [0.15, 0.2) is 58.7 Å². The maximum Gasteiger partial charge on any atom is 0.282 e. The second-order valence-electron chi connectivity index (χ2n) is 8.74. The van der Waals surface area contributed by atoms with Gasteiger partial charge in [0.05, 0.1) is 11.6 Å². The zero-order valence-corrected chi connectivity index (χ0v) is 20.5. The molecule has 1 aliphatic rings. The number of ether oxygens (including phenoxy) is 1. The molecule has 0 spiro atoms.